The first-order chi connectivity index (χ1) is 7.77. The molecule has 0 spiro atoms. The molecule has 0 bridgehead atoms. The number of hydrazone groups is 1. The van der Waals surface area contributed by atoms with Gasteiger partial charge >= 0.3 is 5.96 Å². The zero-order valence-electron chi connectivity index (χ0n) is 9.24. The Morgan fingerprint density at radius 2 is 1.88 bits per heavy atom. The topological polar surface area (TPSA) is 78.4 Å². The molecule has 0 heterocycles. The van der Waals surface area contributed by atoms with E-state index in [9.17, 15) is 0 Å². The molecule has 5 N–H and O–H groups in total. The van der Waals surface area contributed by atoms with Gasteiger partial charge in [-0.2, -0.15) is 5.10 Å². The van der Waals surface area contributed by atoms with Gasteiger partial charge < -0.3 is 0 Å². The molecule has 0 fully saturated rings. The normalized spacial score (nSPS) is 17.6. The van der Waals surface area contributed by atoms with Gasteiger partial charge in [0.25, 0.3) is 0 Å². The zero-order chi connectivity index (χ0) is 11.4. The molecule has 0 radical (unpaired) electrons. The Labute approximate surface area is 95.1 Å². The van der Waals surface area contributed by atoms with Crippen LogP contribution < -0.4 is 16.6 Å². The van der Waals surface area contributed by atoms with Gasteiger partial charge in [-0.3, -0.25) is 11.5 Å². The van der Waals surface area contributed by atoms with Crippen LogP contribution in [0.15, 0.2) is 29.4 Å². The summed E-state index contributed by atoms with van der Waals surface area (Å²) in [7, 11) is 0. The van der Waals surface area contributed by atoms with E-state index in [1.807, 2.05) is 6.07 Å². The van der Waals surface area contributed by atoms with E-state index in [-0.39, 0.29) is 5.96 Å². The van der Waals surface area contributed by atoms with E-state index in [0.717, 1.165) is 25.0 Å². The Kier molecular flexibility index (Phi) is 3.19. The van der Waals surface area contributed by atoms with Gasteiger partial charge in [0.05, 0.1) is 5.71 Å². The standard InChI is InChI=1S/C12H16N4/c13-12(14)16-15-11-8-4-2-6-9-5-1-3-7-10(9)11/h1,3,5,7H,2,4,6,8H2,(H4,13,14,16)/p+1/b15-11-. The van der Waals surface area contributed by atoms with Gasteiger partial charge in [-0.25, -0.2) is 0 Å². The molecule has 1 aromatic rings. The first-order valence-corrected chi connectivity index (χ1v) is 5.56. The number of benzene rings is 1. The molecule has 84 valence electrons. The van der Waals surface area contributed by atoms with Gasteiger partial charge in [0.2, 0.25) is 0 Å². The minimum absolute atomic E-state index is 0.134. The van der Waals surface area contributed by atoms with E-state index in [0.29, 0.717) is 0 Å². The number of nitrogens with zero attached hydrogens (tertiary/aromatic N) is 1. The highest BCUT2D eigenvalue weighted by Gasteiger charge is 2.13. The second-order valence-electron chi connectivity index (χ2n) is 3.99. The number of aryl methyl sites for hydroxylation is 1. The number of rotatable bonds is 1. The Bertz CT molecular complexity index is 430. The quantitative estimate of drug-likeness (QED) is 0.256. The fourth-order valence-corrected chi connectivity index (χ4v) is 2.01. The molecular weight excluding hydrogens is 200 g/mol. The van der Waals surface area contributed by atoms with Crippen molar-refractivity contribution >= 4 is 11.7 Å². The van der Waals surface area contributed by atoms with Gasteiger partial charge in [0, 0.05) is 5.56 Å². The van der Waals surface area contributed by atoms with Crippen molar-refractivity contribution in [2.45, 2.75) is 25.7 Å². The molecule has 1 aliphatic carbocycles. The number of hydrogen-bond acceptors (Lipinski definition) is 1. The molecule has 0 aliphatic heterocycles. The predicted molar refractivity (Wildman–Crippen MR) is 64.9 cm³/mol. The molecule has 16 heavy (non-hydrogen) atoms. The molecule has 4 heteroatoms. The van der Waals surface area contributed by atoms with Crippen molar-refractivity contribution in [1.82, 2.24) is 0 Å². The van der Waals surface area contributed by atoms with E-state index < -0.39 is 0 Å². The lowest BCUT2D eigenvalue weighted by atomic mass is 10.0. The molecule has 1 aromatic carbocycles. The van der Waals surface area contributed by atoms with E-state index in [1.54, 1.807) is 0 Å². The van der Waals surface area contributed by atoms with Gasteiger partial charge in [-0.15, -0.1) is 5.10 Å². The lowest BCUT2D eigenvalue weighted by Crippen LogP contribution is -2.73. The van der Waals surface area contributed by atoms with Crippen LogP contribution in [0.1, 0.15) is 30.4 Å². The average Bonchev–Trinajstić information content (AvgIpc) is 2.48. The summed E-state index contributed by atoms with van der Waals surface area (Å²) in [5.41, 5.74) is 14.3. The van der Waals surface area contributed by atoms with Crippen molar-refractivity contribution in [3.8, 4) is 0 Å². The highest BCUT2D eigenvalue weighted by atomic mass is 15.3. The van der Waals surface area contributed by atoms with E-state index in [1.165, 1.54) is 17.5 Å². The van der Waals surface area contributed by atoms with Crippen LogP contribution >= 0.6 is 0 Å². The number of hydrogen-bond donors (Lipinski definition) is 3. The molecule has 0 unspecified atom stereocenters. The van der Waals surface area contributed by atoms with E-state index >= 15 is 0 Å². The minimum Gasteiger partial charge on any atom is -0.289 e. The number of nitrogens with two attached hydrogens (primary N) is 2. The SMILES string of the molecule is NC(N)=[NH+]/N=C1/CCCCc2ccccc21. The van der Waals surface area contributed by atoms with Crippen LogP contribution in [0.4, 0.5) is 0 Å². The maximum atomic E-state index is 5.34. The van der Waals surface area contributed by atoms with Crippen LogP contribution in [0.3, 0.4) is 0 Å². The minimum atomic E-state index is 0.134. The lowest BCUT2D eigenvalue weighted by Gasteiger charge is -2.04. The third kappa shape index (κ3) is 2.39. The molecule has 0 saturated heterocycles. The van der Waals surface area contributed by atoms with Gasteiger partial charge in [0.1, 0.15) is 0 Å². The fraction of sp³-hybridized carbons (Fsp3) is 0.333. The zero-order valence-corrected chi connectivity index (χ0v) is 9.24. The largest absolute Gasteiger partial charge is 0.362 e. The third-order valence-corrected chi connectivity index (χ3v) is 2.76. The van der Waals surface area contributed by atoms with Crippen molar-refractivity contribution in [3.63, 3.8) is 0 Å². The number of fused-ring (bicyclic) bond motifs is 1. The molecular formula is C12H17N4+. The summed E-state index contributed by atoms with van der Waals surface area (Å²) in [6, 6.07) is 8.37. The van der Waals surface area contributed by atoms with Crippen LogP contribution in [-0.4, -0.2) is 11.7 Å². The summed E-state index contributed by atoms with van der Waals surface area (Å²) >= 11 is 0. The Morgan fingerprint density at radius 1 is 1.12 bits per heavy atom. The summed E-state index contributed by atoms with van der Waals surface area (Å²) in [5.74, 6) is 0.134. The molecule has 2 rings (SSSR count). The highest BCUT2D eigenvalue weighted by molar-refractivity contribution is 6.01. The van der Waals surface area contributed by atoms with Crippen molar-refractivity contribution in [3.05, 3.63) is 35.4 Å². The number of guanidine groups is 1. The van der Waals surface area contributed by atoms with Crippen molar-refractivity contribution in [1.29, 1.82) is 0 Å². The second-order valence-corrected chi connectivity index (χ2v) is 3.99. The van der Waals surface area contributed by atoms with Crippen molar-refractivity contribution < 1.29 is 5.10 Å². The van der Waals surface area contributed by atoms with Crippen LogP contribution in [0.5, 0.6) is 0 Å². The highest BCUT2D eigenvalue weighted by Crippen LogP contribution is 2.20. The Hall–Kier alpha value is -1.84. The lowest BCUT2D eigenvalue weighted by molar-refractivity contribution is -0.464. The molecule has 0 amide bonds. The summed E-state index contributed by atoms with van der Waals surface area (Å²) in [6.07, 6.45) is 4.45. The summed E-state index contributed by atoms with van der Waals surface area (Å²) in [4.78, 5) is 0. The van der Waals surface area contributed by atoms with Crippen LogP contribution in [0, 0.1) is 0 Å². The maximum Gasteiger partial charge on any atom is 0.362 e. The maximum absolute atomic E-state index is 5.34. The Morgan fingerprint density at radius 3 is 2.69 bits per heavy atom. The van der Waals surface area contributed by atoms with Gasteiger partial charge in [0.15, 0.2) is 0 Å². The van der Waals surface area contributed by atoms with Gasteiger partial charge in [-0.05, 0) is 31.2 Å². The van der Waals surface area contributed by atoms with Crippen LogP contribution in [0.25, 0.3) is 0 Å². The monoisotopic (exact) mass is 217 g/mol. The first kappa shape index (κ1) is 10.7. The Balaban J connectivity index is 2.40. The summed E-state index contributed by atoms with van der Waals surface area (Å²) in [5, 5.41) is 6.91. The predicted octanol–water partition coefficient (Wildman–Crippen LogP) is -0.529. The van der Waals surface area contributed by atoms with Crippen molar-refractivity contribution in [2.24, 2.45) is 16.6 Å². The second kappa shape index (κ2) is 4.79. The smallest absolute Gasteiger partial charge is 0.289 e. The summed E-state index contributed by atoms with van der Waals surface area (Å²) in [6.45, 7) is 0. The van der Waals surface area contributed by atoms with Gasteiger partial charge in [-0.1, -0.05) is 24.3 Å². The third-order valence-electron chi connectivity index (χ3n) is 2.76. The molecule has 0 aromatic heterocycles. The van der Waals surface area contributed by atoms with E-state index in [2.05, 4.69) is 28.4 Å². The molecule has 4 nitrogen and oxygen atoms in total. The fourth-order valence-electron chi connectivity index (χ4n) is 2.01. The molecule has 0 saturated carbocycles. The van der Waals surface area contributed by atoms with Crippen LogP contribution in [-0.2, 0) is 6.42 Å². The molecule has 0 atom stereocenters. The van der Waals surface area contributed by atoms with Crippen LogP contribution in [0.2, 0.25) is 0 Å². The number of nitrogens with one attached hydrogen (secondary N) is 1. The van der Waals surface area contributed by atoms with Crippen molar-refractivity contribution in [2.75, 3.05) is 0 Å². The first-order valence-electron chi connectivity index (χ1n) is 5.56. The summed E-state index contributed by atoms with van der Waals surface area (Å²) < 4.78 is 0. The molecule has 1 aliphatic rings. The average molecular weight is 217 g/mol. The van der Waals surface area contributed by atoms with E-state index in [4.69, 9.17) is 11.5 Å².